The van der Waals surface area contributed by atoms with Gasteiger partial charge in [0.2, 0.25) is 5.88 Å². The number of hydrogen-bond donors (Lipinski definition) is 0. The van der Waals surface area contributed by atoms with Crippen LogP contribution in [0.25, 0.3) is 4.96 Å². The highest BCUT2D eigenvalue weighted by atomic mass is 32.1. The molecule has 26 heavy (non-hydrogen) atoms. The zero-order valence-corrected chi connectivity index (χ0v) is 16.0. The molecule has 0 bridgehead atoms. The normalized spacial score (nSPS) is 18.8. The highest BCUT2D eigenvalue weighted by Gasteiger charge is 2.46. The van der Waals surface area contributed by atoms with Gasteiger partial charge in [-0.1, -0.05) is 36.4 Å². The number of hydrogen-bond acceptors (Lipinski definition) is 5. The molecule has 6 heteroatoms. The van der Waals surface area contributed by atoms with E-state index >= 15 is 0 Å². The Morgan fingerprint density at radius 1 is 1.15 bits per heavy atom. The molecule has 4 aromatic rings. The van der Waals surface area contributed by atoms with Crippen molar-refractivity contribution < 1.29 is 4.74 Å². The minimum Gasteiger partial charge on any atom is -0.460 e. The van der Waals surface area contributed by atoms with Crippen LogP contribution in [0.3, 0.4) is 0 Å². The van der Waals surface area contributed by atoms with Gasteiger partial charge in [0.1, 0.15) is 0 Å². The van der Waals surface area contributed by atoms with Gasteiger partial charge in [0.05, 0.1) is 10.4 Å². The minimum absolute atomic E-state index is 0.0128. The van der Waals surface area contributed by atoms with Crippen molar-refractivity contribution in [2.45, 2.75) is 25.9 Å². The summed E-state index contributed by atoms with van der Waals surface area (Å²) in [5.41, 5.74) is 1.96. The molecular formula is C20H16N2O2S2. The molecule has 130 valence electrons. The first-order chi connectivity index (χ1) is 12.6. The average molecular weight is 380 g/mol. The average Bonchev–Trinajstić information content (AvgIpc) is 3.36. The SMILES string of the molecule is Cc1sc2nc3c(c(=O)n2c1C)CC(c1ccccc1)(c1cccs1)O3. The molecule has 0 N–H and O–H groups in total. The molecule has 5 rings (SSSR count). The molecule has 0 saturated carbocycles. The Labute approximate surface area is 158 Å². The number of nitrogens with zero attached hydrogens (tertiary/aromatic N) is 2. The summed E-state index contributed by atoms with van der Waals surface area (Å²) in [5.74, 6) is 0.466. The molecule has 0 radical (unpaired) electrons. The van der Waals surface area contributed by atoms with Gasteiger partial charge >= 0.3 is 0 Å². The van der Waals surface area contributed by atoms with Crippen LogP contribution < -0.4 is 10.3 Å². The number of rotatable bonds is 2. The predicted molar refractivity (Wildman–Crippen MR) is 105 cm³/mol. The maximum atomic E-state index is 13.2. The summed E-state index contributed by atoms with van der Waals surface area (Å²) in [6, 6.07) is 14.2. The van der Waals surface area contributed by atoms with E-state index in [1.165, 1.54) is 11.3 Å². The zero-order valence-electron chi connectivity index (χ0n) is 14.4. The first kappa shape index (κ1) is 15.8. The summed E-state index contributed by atoms with van der Waals surface area (Å²) < 4.78 is 8.18. The number of thiophene rings is 1. The van der Waals surface area contributed by atoms with E-state index in [-0.39, 0.29) is 5.56 Å². The standard InChI is InChI=1S/C20H16N2O2S2/c1-12-13(2)26-19-21-17-15(18(23)22(12)19)11-20(24-17,16-9-6-10-25-16)14-7-4-3-5-8-14/h3-10H,11H2,1-2H3. The fourth-order valence-electron chi connectivity index (χ4n) is 3.59. The third kappa shape index (κ3) is 2.06. The van der Waals surface area contributed by atoms with Crippen LogP contribution in [0.2, 0.25) is 0 Å². The van der Waals surface area contributed by atoms with Crippen molar-refractivity contribution in [3.63, 3.8) is 0 Å². The topological polar surface area (TPSA) is 43.6 Å². The Bertz CT molecular complexity index is 1180. The van der Waals surface area contributed by atoms with Gasteiger partial charge in [-0.05, 0) is 25.3 Å². The Morgan fingerprint density at radius 3 is 2.69 bits per heavy atom. The lowest BCUT2D eigenvalue weighted by Gasteiger charge is -2.27. The fourth-order valence-corrected chi connectivity index (χ4v) is 5.43. The molecule has 0 fully saturated rings. The number of aryl methyl sites for hydroxylation is 2. The molecule has 1 aliphatic heterocycles. The lowest BCUT2D eigenvalue weighted by molar-refractivity contribution is 0.139. The maximum absolute atomic E-state index is 13.2. The van der Waals surface area contributed by atoms with E-state index in [9.17, 15) is 4.79 Å². The van der Waals surface area contributed by atoms with Crippen LogP contribution in [0.15, 0.2) is 52.6 Å². The molecular weight excluding hydrogens is 364 g/mol. The summed E-state index contributed by atoms with van der Waals surface area (Å²) in [4.78, 5) is 20.8. The largest absolute Gasteiger partial charge is 0.460 e. The van der Waals surface area contributed by atoms with Gasteiger partial charge in [-0.25, -0.2) is 0 Å². The monoisotopic (exact) mass is 380 g/mol. The second-order valence-corrected chi connectivity index (χ2v) is 8.64. The van der Waals surface area contributed by atoms with E-state index in [1.54, 1.807) is 15.7 Å². The summed E-state index contributed by atoms with van der Waals surface area (Å²) >= 11 is 3.17. The molecule has 3 aromatic heterocycles. The van der Waals surface area contributed by atoms with Gasteiger partial charge in [0.25, 0.3) is 5.56 Å². The summed E-state index contributed by atoms with van der Waals surface area (Å²) in [5, 5.41) is 2.04. The summed E-state index contributed by atoms with van der Waals surface area (Å²) in [7, 11) is 0. The minimum atomic E-state index is -0.684. The Kier molecular flexibility index (Phi) is 3.36. The van der Waals surface area contributed by atoms with Gasteiger partial charge in [-0.15, -0.1) is 22.7 Å². The zero-order chi connectivity index (χ0) is 17.9. The van der Waals surface area contributed by atoms with E-state index in [2.05, 4.69) is 18.2 Å². The van der Waals surface area contributed by atoms with Crippen LogP contribution >= 0.6 is 22.7 Å². The van der Waals surface area contributed by atoms with Crippen LogP contribution in [0.4, 0.5) is 0 Å². The van der Waals surface area contributed by atoms with Crippen molar-refractivity contribution >= 4 is 27.6 Å². The van der Waals surface area contributed by atoms with E-state index in [0.29, 0.717) is 22.8 Å². The number of ether oxygens (including phenoxy) is 1. The quantitative estimate of drug-likeness (QED) is 0.520. The van der Waals surface area contributed by atoms with Gasteiger partial charge < -0.3 is 4.74 Å². The Morgan fingerprint density at radius 2 is 1.96 bits per heavy atom. The molecule has 1 aliphatic rings. The second kappa shape index (κ2) is 5.53. The van der Waals surface area contributed by atoms with Gasteiger partial charge in [-0.2, -0.15) is 4.98 Å². The van der Waals surface area contributed by atoms with E-state index < -0.39 is 5.60 Å². The molecule has 0 saturated heterocycles. The van der Waals surface area contributed by atoms with Crippen molar-refractivity contribution in [2.24, 2.45) is 0 Å². The van der Waals surface area contributed by atoms with E-state index in [4.69, 9.17) is 9.72 Å². The smallest absolute Gasteiger partial charge is 0.265 e. The van der Waals surface area contributed by atoms with Crippen LogP contribution in [-0.4, -0.2) is 9.38 Å². The van der Waals surface area contributed by atoms with Crippen molar-refractivity contribution in [1.82, 2.24) is 9.38 Å². The maximum Gasteiger partial charge on any atom is 0.265 e. The summed E-state index contributed by atoms with van der Waals surface area (Å²) in [6.07, 6.45) is 0.496. The third-order valence-corrected chi connectivity index (χ3v) is 7.12. The van der Waals surface area contributed by atoms with Crippen molar-refractivity contribution in [1.29, 1.82) is 0 Å². The third-order valence-electron chi connectivity index (χ3n) is 5.05. The lowest BCUT2D eigenvalue weighted by Crippen LogP contribution is -2.32. The molecule has 0 amide bonds. The molecule has 0 aliphatic carbocycles. The van der Waals surface area contributed by atoms with Crippen molar-refractivity contribution in [3.05, 3.63) is 84.8 Å². The van der Waals surface area contributed by atoms with Crippen LogP contribution in [-0.2, 0) is 12.0 Å². The number of aromatic nitrogens is 2. The first-order valence-electron chi connectivity index (χ1n) is 8.40. The van der Waals surface area contributed by atoms with Gasteiger partial charge in [-0.3, -0.25) is 9.20 Å². The second-order valence-electron chi connectivity index (χ2n) is 6.51. The molecule has 1 aromatic carbocycles. The molecule has 1 unspecified atom stereocenters. The van der Waals surface area contributed by atoms with Gasteiger partial charge in [0, 0.05) is 22.6 Å². The highest BCUT2D eigenvalue weighted by molar-refractivity contribution is 7.17. The number of thiazole rings is 1. The first-order valence-corrected chi connectivity index (χ1v) is 10.1. The summed E-state index contributed by atoms with van der Waals surface area (Å²) in [6.45, 7) is 3.98. The van der Waals surface area contributed by atoms with Crippen molar-refractivity contribution in [2.75, 3.05) is 0 Å². The molecule has 1 atom stereocenters. The van der Waals surface area contributed by atoms with Crippen LogP contribution in [0.1, 0.15) is 26.6 Å². The number of benzene rings is 1. The van der Waals surface area contributed by atoms with E-state index in [0.717, 1.165) is 21.0 Å². The number of fused-ring (bicyclic) bond motifs is 2. The fraction of sp³-hybridized carbons (Fsp3) is 0.200. The predicted octanol–water partition coefficient (Wildman–Crippen LogP) is 4.31. The van der Waals surface area contributed by atoms with Crippen LogP contribution in [0, 0.1) is 13.8 Å². The lowest BCUT2D eigenvalue weighted by atomic mass is 9.88. The molecule has 4 nitrogen and oxygen atoms in total. The highest BCUT2D eigenvalue weighted by Crippen LogP contribution is 2.45. The van der Waals surface area contributed by atoms with Crippen LogP contribution in [0.5, 0.6) is 5.88 Å². The molecule has 0 spiro atoms. The van der Waals surface area contributed by atoms with Crippen molar-refractivity contribution in [3.8, 4) is 5.88 Å². The Hall–Kier alpha value is -2.44. The Balaban J connectivity index is 1.76. The van der Waals surface area contributed by atoms with E-state index in [1.807, 2.05) is 43.5 Å². The molecule has 4 heterocycles. The van der Waals surface area contributed by atoms with Gasteiger partial charge in [0.15, 0.2) is 10.6 Å².